The first kappa shape index (κ1) is 8.71. The lowest BCUT2D eigenvalue weighted by molar-refractivity contribution is 0.248. The average Bonchev–Trinajstić information content (AvgIpc) is 2.14. The van der Waals surface area contributed by atoms with Crippen molar-refractivity contribution in [1.29, 1.82) is 0 Å². The number of rotatable bonds is 1. The lowest BCUT2D eigenvalue weighted by Crippen LogP contribution is -2.31. The second kappa shape index (κ2) is 3.68. The highest BCUT2D eigenvalue weighted by Crippen LogP contribution is 1.94. The van der Waals surface area contributed by atoms with Crippen molar-refractivity contribution in [3.63, 3.8) is 0 Å². The molecule has 0 atom stereocenters. The SMILES string of the molecule is Br.CCN1CN(N)C=N1. The van der Waals surface area contributed by atoms with E-state index < -0.39 is 0 Å². The van der Waals surface area contributed by atoms with Crippen molar-refractivity contribution in [2.45, 2.75) is 6.92 Å². The molecule has 0 amide bonds. The molecule has 0 saturated carbocycles. The van der Waals surface area contributed by atoms with Crippen LogP contribution in [-0.2, 0) is 0 Å². The Morgan fingerprint density at radius 1 is 1.78 bits per heavy atom. The summed E-state index contributed by atoms with van der Waals surface area (Å²) in [6, 6.07) is 0. The maximum absolute atomic E-state index is 5.34. The summed E-state index contributed by atoms with van der Waals surface area (Å²) in [7, 11) is 0. The van der Waals surface area contributed by atoms with Gasteiger partial charge in [-0.3, -0.25) is 10.0 Å². The van der Waals surface area contributed by atoms with Crippen LogP contribution >= 0.6 is 17.0 Å². The fourth-order valence-electron chi connectivity index (χ4n) is 0.583. The molecule has 0 aromatic rings. The van der Waals surface area contributed by atoms with E-state index in [2.05, 4.69) is 5.10 Å². The van der Waals surface area contributed by atoms with Gasteiger partial charge in [-0.1, -0.05) is 0 Å². The molecule has 54 valence electrons. The minimum Gasteiger partial charge on any atom is -0.278 e. The Hall–Kier alpha value is -0.290. The van der Waals surface area contributed by atoms with E-state index in [4.69, 9.17) is 5.84 Å². The van der Waals surface area contributed by atoms with Gasteiger partial charge < -0.3 is 0 Å². The monoisotopic (exact) mass is 194 g/mol. The second-order valence-corrected chi connectivity index (χ2v) is 1.71. The topological polar surface area (TPSA) is 44.9 Å². The van der Waals surface area contributed by atoms with Crippen LogP contribution in [0.5, 0.6) is 0 Å². The van der Waals surface area contributed by atoms with Crippen LogP contribution in [0.2, 0.25) is 0 Å². The molecule has 0 bridgehead atoms. The molecular formula is C4H11BrN4. The summed E-state index contributed by atoms with van der Waals surface area (Å²) in [6.45, 7) is 3.68. The highest BCUT2D eigenvalue weighted by Gasteiger charge is 2.05. The van der Waals surface area contributed by atoms with Crippen molar-refractivity contribution in [2.75, 3.05) is 13.2 Å². The third-order valence-corrected chi connectivity index (χ3v) is 1.05. The zero-order valence-electron chi connectivity index (χ0n) is 5.32. The van der Waals surface area contributed by atoms with E-state index in [-0.39, 0.29) is 17.0 Å². The van der Waals surface area contributed by atoms with Gasteiger partial charge >= 0.3 is 0 Å². The maximum atomic E-state index is 5.34. The van der Waals surface area contributed by atoms with Crippen molar-refractivity contribution < 1.29 is 0 Å². The van der Waals surface area contributed by atoms with Crippen molar-refractivity contribution in [3.05, 3.63) is 0 Å². The van der Waals surface area contributed by atoms with Crippen LogP contribution in [0.15, 0.2) is 5.10 Å². The Balaban J connectivity index is 0.000000640. The number of hydrazone groups is 1. The molecule has 9 heavy (non-hydrogen) atoms. The van der Waals surface area contributed by atoms with Crippen LogP contribution in [0.4, 0.5) is 0 Å². The van der Waals surface area contributed by atoms with Crippen molar-refractivity contribution in [1.82, 2.24) is 10.0 Å². The summed E-state index contributed by atoms with van der Waals surface area (Å²) in [5.74, 6) is 5.34. The fraction of sp³-hybridized carbons (Fsp3) is 0.750. The molecule has 0 fully saturated rings. The number of nitrogens with two attached hydrogens (primary N) is 1. The molecule has 2 N–H and O–H groups in total. The van der Waals surface area contributed by atoms with E-state index in [1.165, 1.54) is 0 Å². The van der Waals surface area contributed by atoms with Crippen molar-refractivity contribution in [2.24, 2.45) is 10.9 Å². The minimum absolute atomic E-state index is 0. The summed E-state index contributed by atoms with van der Waals surface area (Å²) < 4.78 is 0. The van der Waals surface area contributed by atoms with Gasteiger partial charge in [0.05, 0.1) is 0 Å². The fourth-order valence-corrected chi connectivity index (χ4v) is 0.583. The number of halogens is 1. The quantitative estimate of drug-likeness (QED) is 0.598. The highest BCUT2D eigenvalue weighted by molar-refractivity contribution is 8.93. The Bertz CT molecular complexity index is 105. The zero-order chi connectivity index (χ0) is 5.98. The van der Waals surface area contributed by atoms with Gasteiger partial charge in [0.15, 0.2) is 0 Å². The average molecular weight is 195 g/mol. The molecular weight excluding hydrogens is 184 g/mol. The maximum Gasteiger partial charge on any atom is 0.127 e. The van der Waals surface area contributed by atoms with Gasteiger partial charge in [0.2, 0.25) is 0 Å². The third-order valence-electron chi connectivity index (χ3n) is 1.05. The first-order valence-electron chi connectivity index (χ1n) is 2.63. The number of hydrogen-bond acceptors (Lipinski definition) is 4. The molecule has 0 aromatic carbocycles. The van der Waals surface area contributed by atoms with Crippen LogP contribution in [0.25, 0.3) is 0 Å². The van der Waals surface area contributed by atoms with Gasteiger partial charge in [-0.25, -0.2) is 5.84 Å². The normalized spacial score (nSPS) is 16.2. The Morgan fingerprint density at radius 3 is 2.67 bits per heavy atom. The molecule has 1 rings (SSSR count). The second-order valence-electron chi connectivity index (χ2n) is 1.71. The first-order chi connectivity index (χ1) is 3.83. The van der Waals surface area contributed by atoms with E-state index in [1.807, 2.05) is 11.9 Å². The van der Waals surface area contributed by atoms with E-state index >= 15 is 0 Å². The number of nitrogens with zero attached hydrogens (tertiary/aromatic N) is 3. The third kappa shape index (κ3) is 2.19. The molecule has 0 spiro atoms. The molecule has 1 aliphatic rings. The lowest BCUT2D eigenvalue weighted by Gasteiger charge is -2.11. The molecule has 1 aliphatic heterocycles. The highest BCUT2D eigenvalue weighted by atomic mass is 79.9. The Morgan fingerprint density at radius 2 is 2.44 bits per heavy atom. The van der Waals surface area contributed by atoms with Gasteiger partial charge in [0, 0.05) is 6.54 Å². The van der Waals surface area contributed by atoms with Crippen molar-refractivity contribution in [3.8, 4) is 0 Å². The summed E-state index contributed by atoms with van der Waals surface area (Å²) >= 11 is 0. The molecule has 4 nitrogen and oxygen atoms in total. The summed E-state index contributed by atoms with van der Waals surface area (Å²) in [5.41, 5.74) is 0. The minimum atomic E-state index is 0. The summed E-state index contributed by atoms with van der Waals surface area (Å²) in [4.78, 5) is 0. The Kier molecular flexibility index (Phi) is 3.56. The largest absolute Gasteiger partial charge is 0.278 e. The molecule has 5 heteroatoms. The van der Waals surface area contributed by atoms with Gasteiger partial charge in [-0.05, 0) is 6.92 Å². The Labute approximate surface area is 65.0 Å². The first-order valence-corrected chi connectivity index (χ1v) is 2.63. The van der Waals surface area contributed by atoms with Gasteiger partial charge in [-0.2, -0.15) is 5.10 Å². The number of hydrogen-bond donors (Lipinski definition) is 1. The standard InChI is InChI=1S/C4H10N4.BrH/c1-2-8-4-7(5)3-6-8;/h3H,2,4-5H2,1H3;1H. The van der Waals surface area contributed by atoms with E-state index in [1.54, 1.807) is 11.3 Å². The van der Waals surface area contributed by atoms with Crippen LogP contribution in [0, 0.1) is 0 Å². The molecule has 0 aromatic heterocycles. The zero-order valence-corrected chi connectivity index (χ0v) is 7.03. The lowest BCUT2D eigenvalue weighted by atomic mass is 10.7. The number of hydrazine groups is 1. The molecule has 0 saturated heterocycles. The molecule has 0 unspecified atom stereocenters. The van der Waals surface area contributed by atoms with Crippen LogP contribution in [-0.4, -0.2) is 29.6 Å². The molecule has 0 aliphatic carbocycles. The van der Waals surface area contributed by atoms with Gasteiger partial charge in [0.25, 0.3) is 0 Å². The predicted octanol–water partition coefficient (Wildman–Crippen LogP) is -0.0237. The van der Waals surface area contributed by atoms with E-state index in [9.17, 15) is 0 Å². The van der Waals surface area contributed by atoms with Crippen LogP contribution < -0.4 is 5.84 Å². The molecule has 0 radical (unpaired) electrons. The van der Waals surface area contributed by atoms with Gasteiger partial charge in [0.1, 0.15) is 13.0 Å². The smallest absolute Gasteiger partial charge is 0.127 e. The summed E-state index contributed by atoms with van der Waals surface area (Å²) in [6.07, 6.45) is 1.61. The van der Waals surface area contributed by atoms with Crippen LogP contribution in [0.1, 0.15) is 6.92 Å². The van der Waals surface area contributed by atoms with Gasteiger partial charge in [-0.15, -0.1) is 17.0 Å². The summed E-state index contributed by atoms with van der Waals surface area (Å²) in [5, 5.41) is 7.36. The predicted molar refractivity (Wildman–Crippen MR) is 42.1 cm³/mol. The van der Waals surface area contributed by atoms with Crippen molar-refractivity contribution >= 4 is 23.3 Å². The van der Waals surface area contributed by atoms with E-state index in [0.29, 0.717) is 0 Å². The molecule has 1 heterocycles. The van der Waals surface area contributed by atoms with Crippen LogP contribution in [0.3, 0.4) is 0 Å². The van der Waals surface area contributed by atoms with E-state index in [0.717, 1.165) is 13.2 Å².